The fourth-order valence-electron chi connectivity index (χ4n) is 3.30. The molecule has 1 fully saturated rings. The molecule has 1 heterocycles. The van der Waals surface area contributed by atoms with Gasteiger partial charge in [0.1, 0.15) is 11.5 Å². The first-order valence-electron chi connectivity index (χ1n) is 8.75. The van der Waals surface area contributed by atoms with E-state index in [1.807, 2.05) is 23.1 Å². The predicted molar refractivity (Wildman–Crippen MR) is 98.1 cm³/mol. The summed E-state index contributed by atoms with van der Waals surface area (Å²) in [5.74, 6) is 1.43. The maximum atomic E-state index is 12.6. The number of likely N-dealkylation sites (tertiary alicyclic amines) is 1. The molecule has 5 nitrogen and oxygen atoms in total. The molecular weight excluding hydrogens is 328 g/mol. The van der Waals surface area contributed by atoms with E-state index in [1.54, 1.807) is 31.4 Å². The Morgan fingerprint density at radius 3 is 2.77 bits per heavy atom. The van der Waals surface area contributed by atoms with Gasteiger partial charge in [0.15, 0.2) is 6.61 Å². The zero-order chi connectivity index (χ0) is 18.4. The van der Waals surface area contributed by atoms with Gasteiger partial charge in [-0.05, 0) is 61.2 Å². The van der Waals surface area contributed by atoms with Crippen molar-refractivity contribution in [1.29, 1.82) is 5.26 Å². The summed E-state index contributed by atoms with van der Waals surface area (Å²) in [6.45, 7) is 0.782. The van der Waals surface area contributed by atoms with Crippen LogP contribution in [0.4, 0.5) is 0 Å². The van der Waals surface area contributed by atoms with Crippen LogP contribution in [0.3, 0.4) is 0 Å². The average Bonchev–Trinajstić information content (AvgIpc) is 3.14. The van der Waals surface area contributed by atoms with Crippen molar-refractivity contribution >= 4 is 5.91 Å². The maximum Gasteiger partial charge on any atom is 0.260 e. The fraction of sp³-hybridized carbons (Fsp3) is 0.333. The zero-order valence-corrected chi connectivity index (χ0v) is 14.9. The van der Waals surface area contributed by atoms with Crippen molar-refractivity contribution in [1.82, 2.24) is 4.90 Å². The second-order valence-corrected chi connectivity index (χ2v) is 6.36. The smallest absolute Gasteiger partial charge is 0.260 e. The van der Waals surface area contributed by atoms with Crippen LogP contribution in [0.1, 0.15) is 24.0 Å². The first-order chi connectivity index (χ1) is 12.7. The molecule has 1 atom stereocenters. The van der Waals surface area contributed by atoms with Crippen molar-refractivity contribution in [2.45, 2.75) is 25.3 Å². The Bertz CT molecular complexity index is 796. The summed E-state index contributed by atoms with van der Waals surface area (Å²) in [6, 6.07) is 17.0. The van der Waals surface area contributed by atoms with Gasteiger partial charge >= 0.3 is 0 Å². The van der Waals surface area contributed by atoms with Gasteiger partial charge in [0.25, 0.3) is 5.91 Å². The Morgan fingerprint density at radius 1 is 1.23 bits per heavy atom. The standard InChI is InChI=1S/C21H22N2O3/c1-25-20-6-2-4-17(13-20)12-18-5-3-11-23(18)21(24)15-26-19-9-7-16(14-22)8-10-19/h2,4,6-10,13,18H,3,5,11-12,15H2,1H3. The molecule has 5 heteroatoms. The third-order valence-electron chi connectivity index (χ3n) is 4.65. The van der Waals surface area contributed by atoms with Gasteiger partial charge in [-0.1, -0.05) is 12.1 Å². The minimum atomic E-state index is -0.000226. The van der Waals surface area contributed by atoms with Gasteiger partial charge in [0.2, 0.25) is 0 Å². The van der Waals surface area contributed by atoms with Crippen molar-refractivity contribution in [2.75, 3.05) is 20.3 Å². The Balaban J connectivity index is 1.58. The molecule has 0 saturated carbocycles. The van der Waals surface area contributed by atoms with Crippen molar-refractivity contribution in [3.05, 3.63) is 59.7 Å². The average molecular weight is 350 g/mol. The summed E-state index contributed by atoms with van der Waals surface area (Å²) in [6.07, 6.45) is 2.83. The van der Waals surface area contributed by atoms with E-state index in [4.69, 9.17) is 14.7 Å². The van der Waals surface area contributed by atoms with Gasteiger partial charge in [-0.2, -0.15) is 5.26 Å². The van der Waals surface area contributed by atoms with Gasteiger partial charge in [-0.25, -0.2) is 0 Å². The SMILES string of the molecule is COc1cccc(CC2CCCN2C(=O)COc2ccc(C#N)cc2)c1. The predicted octanol–water partition coefficient (Wildman–Crippen LogP) is 3.18. The lowest BCUT2D eigenvalue weighted by Crippen LogP contribution is -2.39. The number of nitriles is 1. The Kier molecular flexibility index (Phi) is 5.75. The summed E-state index contributed by atoms with van der Waals surface area (Å²) in [5, 5.41) is 8.81. The van der Waals surface area contributed by atoms with Crippen LogP contribution in [0.25, 0.3) is 0 Å². The molecular formula is C21H22N2O3. The second kappa shape index (κ2) is 8.39. The molecule has 3 rings (SSSR count). The van der Waals surface area contributed by atoms with E-state index in [2.05, 4.69) is 12.1 Å². The highest BCUT2D eigenvalue weighted by Gasteiger charge is 2.29. The number of methoxy groups -OCH3 is 1. The molecule has 1 aliphatic rings. The number of hydrogen-bond donors (Lipinski definition) is 0. The third kappa shape index (κ3) is 4.34. The van der Waals surface area contributed by atoms with Crippen molar-refractivity contribution in [3.63, 3.8) is 0 Å². The molecule has 1 aliphatic heterocycles. The summed E-state index contributed by atoms with van der Waals surface area (Å²) in [5.41, 5.74) is 1.74. The Hall–Kier alpha value is -3.00. The van der Waals surface area contributed by atoms with Crippen LogP contribution in [-0.4, -0.2) is 37.1 Å². The molecule has 0 N–H and O–H groups in total. The lowest BCUT2D eigenvalue weighted by Gasteiger charge is -2.25. The van der Waals surface area contributed by atoms with Crippen LogP contribution < -0.4 is 9.47 Å². The minimum absolute atomic E-state index is 0.000226. The van der Waals surface area contributed by atoms with Crippen LogP contribution in [0.15, 0.2) is 48.5 Å². The number of hydrogen-bond acceptors (Lipinski definition) is 4. The van der Waals surface area contributed by atoms with Gasteiger partial charge < -0.3 is 14.4 Å². The van der Waals surface area contributed by atoms with E-state index in [1.165, 1.54) is 5.56 Å². The molecule has 0 aromatic heterocycles. The zero-order valence-electron chi connectivity index (χ0n) is 14.9. The largest absolute Gasteiger partial charge is 0.497 e. The molecule has 2 aromatic carbocycles. The van der Waals surface area contributed by atoms with Crippen LogP contribution in [0, 0.1) is 11.3 Å². The van der Waals surface area contributed by atoms with Crippen LogP contribution in [0.2, 0.25) is 0 Å². The second-order valence-electron chi connectivity index (χ2n) is 6.36. The van der Waals surface area contributed by atoms with Crippen LogP contribution in [-0.2, 0) is 11.2 Å². The van der Waals surface area contributed by atoms with E-state index < -0.39 is 0 Å². The summed E-state index contributed by atoms with van der Waals surface area (Å²) in [4.78, 5) is 14.5. The normalized spacial score (nSPS) is 16.2. The summed E-state index contributed by atoms with van der Waals surface area (Å²) < 4.78 is 10.9. The summed E-state index contributed by atoms with van der Waals surface area (Å²) in [7, 11) is 1.66. The number of ether oxygens (including phenoxy) is 2. The highest BCUT2D eigenvalue weighted by atomic mass is 16.5. The molecule has 0 aliphatic carbocycles. The van der Waals surface area contributed by atoms with Crippen molar-refractivity contribution < 1.29 is 14.3 Å². The minimum Gasteiger partial charge on any atom is -0.497 e. The number of benzene rings is 2. The quantitative estimate of drug-likeness (QED) is 0.803. The molecule has 26 heavy (non-hydrogen) atoms. The van der Waals surface area contributed by atoms with Crippen LogP contribution in [0.5, 0.6) is 11.5 Å². The topological polar surface area (TPSA) is 62.6 Å². The van der Waals surface area contributed by atoms with Crippen molar-refractivity contribution in [2.24, 2.45) is 0 Å². The highest BCUT2D eigenvalue weighted by molar-refractivity contribution is 5.78. The summed E-state index contributed by atoms with van der Waals surface area (Å²) >= 11 is 0. The first kappa shape index (κ1) is 17.8. The molecule has 1 unspecified atom stereocenters. The van der Waals surface area contributed by atoms with Crippen LogP contribution >= 0.6 is 0 Å². The molecule has 0 radical (unpaired) electrons. The van der Waals surface area contributed by atoms with E-state index in [0.29, 0.717) is 11.3 Å². The fourth-order valence-corrected chi connectivity index (χ4v) is 3.30. The molecule has 1 saturated heterocycles. The molecule has 134 valence electrons. The molecule has 0 bridgehead atoms. The first-order valence-corrected chi connectivity index (χ1v) is 8.75. The lowest BCUT2D eigenvalue weighted by molar-refractivity contribution is -0.134. The molecule has 0 spiro atoms. The van der Waals surface area contributed by atoms with Gasteiger partial charge in [-0.3, -0.25) is 4.79 Å². The van der Waals surface area contributed by atoms with Gasteiger partial charge in [0.05, 0.1) is 18.7 Å². The van der Waals surface area contributed by atoms with Gasteiger partial charge in [0, 0.05) is 12.6 Å². The molecule has 1 amide bonds. The van der Waals surface area contributed by atoms with E-state index >= 15 is 0 Å². The number of carbonyl (C=O) groups excluding carboxylic acids is 1. The monoisotopic (exact) mass is 350 g/mol. The van der Waals surface area contributed by atoms with E-state index in [0.717, 1.165) is 31.6 Å². The Labute approximate surface area is 153 Å². The number of nitrogens with zero attached hydrogens (tertiary/aromatic N) is 2. The number of rotatable bonds is 6. The number of amides is 1. The van der Waals surface area contributed by atoms with E-state index in [-0.39, 0.29) is 18.6 Å². The van der Waals surface area contributed by atoms with Gasteiger partial charge in [-0.15, -0.1) is 0 Å². The number of carbonyl (C=O) groups is 1. The Morgan fingerprint density at radius 2 is 2.04 bits per heavy atom. The van der Waals surface area contributed by atoms with Crippen molar-refractivity contribution in [3.8, 4) is 17.6 Å². The van der Waals surface area contributed by atoms with E-state index in [9.17, 15) is 4.79 Å². The molecule has 2 aromatic rings. The maximum absolute atomic E-state index is 12.6. The lowest BCUT2D eigenvalue weighted by atomic mass is 10.0. The third-order valence-corrected chi connectivity index (χ3v) is 4.65. The highest BCUT2D eigenvalue weighted by Crippen LogP contribution is 2.23.